The van der Waals surface area contributed by atoms with Gasteiger partial charge in [0.05, 0.1) is 13.2 Å². The normalized spacial score (nSPS) is 12.8. The van der Waals surface area contributed by atoms with Crippen molar-refractivity contribution in [1.82, 2.24) is 4.67 Å². The van der Waals surface area contributed by atoms with Crippen molar-refractivity contribution in [3.8, 4) is 0 Å². The van der Waals surface area contributed by atoms with Crippen molar-refractivity contribution in [2.45, 2.75) is 272 Å². The van der Waals surface area contributed by atoms with Crippen molar-refractivity contribution in [1.29, 1.82) is 0 Å². The maximum atomic E-state index is 13.1. The van der Waals surface area contributed by atoms with Crippen molar-refractivity contribution >= 4 is 20.5 Å². The second-order valence-electron chi connectivity index (χ2n) is 18.1. The molecule has 0 aliphatic rings. The Bertz CT molecular complexity index is 1080. The predicted octanol–water partition coefficient (Wildman–Crippen LogP) is 16.5. The summed E-state index contributed by atoms with van der Waals surface area (Å²) >= 11 is 0. The molecule has 0 aromatic heterocycles. The van der Waals surface area contributed by atoms with Crippen LogP contribution in [0.4, 0.5) is 0 Å². The van der Waals surface area contributed by atoms with Gasteiger partial charge in [-0.25, -0.2) is 4.67 Å². The molecule has 1 aromatic carbocycles. The Morgan fingerprint density at radius 1 is 0.483 bits per heavy atom. The van der Waals surface area contributed by atoms with E-state index >= 15 is 0 Å². The second-order valence-corrected chi connectivity index (χ2v) is 19.5. The quantitative estimate of drug-likeness (QED) is 0.0367. The van der Waals surface area contributed by atoms with Crippen LogP contribution in [-0.2, 0) is 34.7 Å². The Balaban J connectivity index is 2.50. The smallest absolute Gasteiger partial charge is 0.306 e. The highest BCUT2D eigenvalue weighted by Gasteiger charge is 2.29. The van der Waals surface area contributed by atoms with Gasteiger partial charge in [-0.1, -0.05) is 224 Å². The van der Waals surface area contributed by atoms with Crippen LogP contribution in [0.15, 0.2) is 30.3 Å². The van der Waals surface area contributed by atoms with Crippen LogP contribution in [0.25, 0.3) is 0 Å². The molecular formula is C52H96NO6P. The first-order chi connectivity index (χ1) is 29.3. The van der Waals surface area contributed by atoms with Crippen molar-refractivity contribution in [2.75, 3.05) is 13.2 Å². The molecule has 0 N–H and O–H groups in total. The third-order valence-corrected chi connectivity index (χ3v) is 13.5. The highest BCUT2D eigenvalue weighted by Crippen LogP contribution is 2.46. The molecule has 0 aliphatic carbocycles. The van der Waals surface area contributed by atoms with Gasteiger partial charge in [0.25, 0.3) is 8.53 Å². The first-order valence-corrected chi connectivity index (χ1v) is 26.6. The minimum atomic E-state index is -1.46. The van der Waals surface area contributed by atoms with Gasteiger partial charge < -0.3 is 18.5 Å². The van der Waals surface area contributed by atoms with Gasteiger partial charge >= 0.3 is 11.9 Å². The molecule has 350 valence electrons. The molecule has 2 atom stereocenters. The fourth-order valence-electron chi connectivity index (χ4n) is 7.90. The summed E-state index contributed by atoms with van der Waals surface area (Å²) in [5, 5.41) is 0. The number of ether oxygens (including phenoxy) is 2. The van der Waals surface area contributed by atoms with Crippen LogP contribution in [0.5, 0.6) is 0 Å². The summed E-state index contributed by atoms with van der Waals surface area (Å²) in [6, 6.07) is 10.5. The number of rotatable bonds is 44. The molecule has 0 amide bonds. The van der Waals surface area contributed by atoms with Crippen molar-refractivity contribution < 1.29 is 28.1 Å². The largest absolute Gasteiger partial charge is 0.462 e. The monoisotopic (exact) mass is 862 g/mol. The summed E-state index contributed by atoms with van der Waals surface area (Å²) < 4.78 is 26.8. The fourth-order valence-corrected chi connectivity index (χ4v) is 9.54. The summed E-state index contributed by atoms with van der Waals surface area (Å²) in [7, 11) is -1.46. The average Bonchev–Trinajstić information content (AvgIpc) is 3.23. The molecule has 0 saturated heterocycles. The summed E-state index contributed by atoms with van der Waals surface area (Å²) in [6.45, 7) is 13.6. The van der Waals surface area contributed by atoms with E-state index in [1.54, 1.807) is 0 Å². The zero-order valence-corrected chi connectivity index (χ0v) is 41.1. The van der Waals surface area contributed by atoms with Gasteiger partial charge in [0.15, 0.2) is 6.10 Å². The molecule has 1 aromatic rings. The molecule has 60 heavy (non-hydrogen) atoms. The van der Waals surface area contributed by atoms with E-state index in [0.717, 1.165) is 44.1 Å². The summed E-state index contributed by atoms with van der Waals surface area (Å²) in [5.41, 5.74) is 1.07. The maximum absolute atomic E-state index is 13.1. The van der Waals surface area contributed by atoms with E-state index in [9.17, 15) is 9.59 Å². The molecule has 0 spiro atoms. The van der Waals surface area contributed by atoms with E-state index in [1.165, 1.54) is 154 Å². The minimum absolute atomic E-state index is 0.00656. The number of unbranched alkanes of at least 4 members (excludes halogenated alkanes) is 28. The zero-order valence-electron chi connectivity index (χ0n) is 40.2. The molecule has 0 saturated carbocycles. The van der Waals surface area contributed by atoms with Gasteiger partial charge in [-0.05, 0) is 46.1 Å². The van der Waals surface area contributed by atoms with Crippen LogP contribution in [-0.4, -0.2) is 48.0 Å². The van der Waals surface area contributed by atoms with Crippen molar-refractivity contribution in [3.05, 3.63) is 35.9 Å². The molecule has 8 heteroatoms. The summed E-state index contributed by atoms with van der Waals surface area (Å²) in [4.78, 5) is 26.0. The van der Waals surface area contributed by atoms with Crippen LogP contribution in [0.1, 0.15) is 253 Å². The van der Waals surface area contributed by atoms with E-state index in [1.807, 2.05) is 30.3 Å². The Kier molecular flexibility index (Phi) is 39.1. The topological polar surface area (TPSA) is 74.3 Å². The van der Waals surface area contributed by atoms with Gasteiger partial charge in [0.1, 0.15) is 6.61 Å². The standard InChI is InChI=1S/C52H96NO6P/c1-7-9-11-13-15-17-19-21-23-25-27-29-31-33-38-42-51(54)56-45-50(46-58-60(53(47(3)4)48(5)6)57-44-49-40-36-35-37-41-49)59-52(55)43-39-34-32-30-28-26-24-22-20-18-16-14-12-10-8-2/h35-37,40-41,47-48,50H,7-34,38-39,42-46H2,1-6H3/t50-,60?/m1/s1. The first kappa shape index (κ1) is 56.5. The van der Waals surface area contributed by atoms with Crippen LogP contribution in [0.3, 0.4) is 0 Å². The number of nitrogens with zero attached hydrogens (tertiary/aromatic N) is 1. The lowest BCUT2D eigenvalue weighted by molar-refractivity contribution is -0.161. The van der Waals surface area contributed by atoms with Crippen molar-refractivity contribution in [3.63, 3.8) is 0 Å². The number of esters is 2. The van der Waals surface area contributed by atoms with Gasteiger partial charge in [0.2, 0.25) is 0 Å². The van der Waals surface area contributed by atoms with E-state index in [2.05, 4.69) is 46.2 Å². The molecule has 0 fully saturated rings. The Labute approximate surface area is 372 Å². The average molecular weight is 862 g/mol. The Hall–Kier alpha value is -1.53. The molecular weight excluding hydrogens is 766 g/mol. The molecule has 1 unspecified atom stereocenters. The van der Waals surface area contributed by atoms with Crippen molar-refractivity contribution in [2.24, 2.45) is 0 Å². The highest BCUT2D eigenvalue weighted by atomic mass is 31.2. The van der Waals surface area contributed by atoms with E-state index in [4.69, 9.17) is 18.5 Å². The molecule has 0 aliphatic heterocycles. The third kappa shape index (κ3) is 34.0. The Morgan fingerprint density at radius 3 is 1.23 bits per heavy atom. The highest BCUT2D eigenvalue weighted by molar-refractivity contribution is 7.44. The van der Waals surface area contributed by atoms with E-state index in [-0.39, 0.29) is 37.2 Å². The van der Waals surface area contributed by atoms with E-state index < -0.39 is 14.6 Å². The molecule has 7 nitrogen and oxygen atoms in total. The Morgan fingerprint density at radius 2 is 0.850 bits per heavy atom. The van der Waals surface area contributed by atoms with Crippen LogP contribution in [0.2, 0.25) is 0 Å². The zero-order chi connectivity index (χ0) is 43.7. The molecule has 0 radical (unpaired) electrons. The van der Waals surface area contributed by atoms with Crippen LogP contribution in [0, 0.1) is 0 Å². The van der Waals surface area contributed by atoms with Crippen LogP contribution >= 0.6 is 8.53 Å². The number of hydrogen-bond acceptors (Lipinski definition) is 7. The lowest BCUT2D eigenvalue weighted by Gasteiger charge is -2.36. The number of carbonyl (C=O) groups is 2. The summed E-state index contributed by atoms with van der Waals surface area (Å²) in [5.74, 6) is -0.488. The SMILES string of the molecule is CCCCCCCCCCCCCCCCCC(=O)OC[C@H](COP(OCc1ccccc1)N(C(C)C)C(C)C)OC(=O)CCCCCCCCCCCCCCCCC. The van der Waals surface area contributed by atoms with E-state index in [0.29, 0.717) is 19.4 Å². The van der Waals surface area contributed by atoms with Gasteiger partial charge in [-0.3, -0.25) is 9.59 Å². The molecule has 0 heterocycles. The third-order valence-electron chi connectivity index (χ3n) is 11.5. The first-order valence-electron chi connectivity index (χ1n) is 25.5. The number of hydrogen-bond donors (Lipinski definition) is 0. The molecule has 1 rings (SSSR count). The summed E-state index contributed by atoms with van der Waals surface area (Å²) in [6.07, 6.45) is 38.6. The number of carbonyl (C=O) groups excluding carboxylic acids is 2. The van der Waals surface area contributed by atoms with Gasteiger partial charge in [-0.2, -0.15) is 0 Å². The fraction of sp³-hybridized carbons (Fsp3) is 0.846. The van der Waals surface area contributed by atoms with Crippen LogP contribution < -0.4 is 0 Å². The lowest BCUT2D eigenvalue weighted by atomic mass is 10.0. The minimum Gasteiger partial charge on any atom is -0.462 e. The predicted molar refractivity (Wildman–Crippen MR) is 256 cm³/mol. The van der Waals surface area contributed by atoms with Gasteiger partial charge in [0, 0.05) is 24.9 Å². The number of benzene rings is 1. The maximum Gasteiger partial charge on any atom is 0.306 e. The van der Waals surface area contributed by atoms with Gasteiger partial charge in [-0.15, -0.1) is 0 Å². The molecule has 0 bridgehead atoms. The second kappa shape index (κ2) is 41.5. The lowest BCUT2D eigenvalue weighted by Crippen LogP contribution is -2.35.